The van der Waals surface area contributed by atoms with Gasteiger partial charge in [0.15, 0.2) is 0 Å². The molecule has 0 bridgehead atoms. The summed E-state index contributed by atoms with van der Waals surface area (Å²) < 4.78 is 26.3. The van der Waals surface area contributed by atoms with Gasteiger partial charge in [-0.25, -0.2) is 13.1 Å². The van der Waals surface area contributed by atoms with Crippen LogP contribution in [0.5, 0.6) is 0 Å². The molecule has 0 heterocycles. The zero-order valence-electron chi connectivity index (χ0n) is 9.91. The lowest BCUT2D eigenvalue weighted by Crippen LogP contribution is -2.56. The Kier molecular flexibility index (Phi) is 3.96. The van der Waals surface area contributed by atoms with E-state index in [0.717, 1.165) is 12.8 Å². The van der Waals surface area contributed by atoms with Crippen molar-refractivity contribution in [2.24, 2.45) is 11.7 Å². The van der Waals surface area contributed by atoms with Gasteiger partial charge in [-0.1, -0.05) is 13.8 Å². The van der Waals surface area contributed by atoms with E-state index in [4.69, 9.17) is 11.1 Å². The second kappa shape index (κ2) is 4.71. The van der Waals surface area contributed by atoms with Gasteiger partial charge in [0.2, 0.25) is 10.0 Å². The van der Waals surface area contributed by atoms with Gasteiger partial charge in [0, 0.05) is 0 Å². The fraction of sp³-hybridized carbons (Fsp3) is 0.900. The maximum atomic E-state index is 11.9. The Morgan fingerprint density at radius 1 is 1.44 bits per heavy atom. The van der Waals surface area contributed by atoms with Crippen molar-refractivity contribution >= 4 is 15.9 Å². The number of hydrogen-bond donors (Lipinski definition) is 3. The molecule has 1 aliphatic rings. The molecule has 0 aliphatic heterocycles. The third-order valence-corrected chi connectivity index (χ3v) is 4.84. The van der Waals surface area contributed by atoms with Crippen LogP contribution in [0, 0.1) is 11.3 Å². The van der Waals surface area contributed by atoms with Gasteiger partial charge in [-0.15, -0.1) is 0 Å². The van der Waals surface area contributed by atoms with E-state index >= 15 is 0 Å². The second-order valence-corrected chi connectivity index (χ2v) is 6.30. The minimum atomic E-state index is -3.32. The van der Waals surface area contributed by atoms with Gasteiger partial charge < -0.3 is 5.73 Å². The van der Waals surface area contributed by atoms with Gasteiger partial charge in [-0.3, -0.25) is 5.41 Å². The van der Waals surface area contributed by atoms with Gasteiger partial charge in [0.05, 0.1) is 11.3 Å². The highest BCUT2D eigenvalue weighted by atomic mass is 32.2. The average molecular weight is 247 g/mol. The predicted octanol–water partition coefficient (Wildman–Crippen LogP) is 0.811. The number of hydrogen-bond acceptors (Lipinski definition) is 3. The van der Waals surface area contributed by atoms with Gasteiger partial charge in [0.1, 0.15) is 5.84 Å². The first kappa shape index (κ1) is 13.4. The summed E-state index contributed by atoms with van der Waals surface area (Å²) in [5.74, 6) is 0.370. The van der Waals surface area contributed by atoms with E-state index in [9.17, 15) is 8.42 Å². The van der Waals surface area contributed by atoms with E-state index in [2.05, 4.69) is 4.72 Å². The largest absolute Gasteiger partial charge is 0.386 e. The normalized spacial score (nSPS) is 17.4. The van der Waals surface area contributed by atoms with Gasteiger partial charge in [-0.2, -0.15) is 0 Å². The van der Waals surface area contributed by atoms with E-state index in [1.54, 1.807) is 0 Å². The third-order valence-electron chi connectivity index (χ3n) is 3.23. The van der Waals surface area contributed by atoms with Crippen molar-refractivity contribution in [1.82, 2.24) is 4.72 Å². The number of sulfonamides is 1. The number of nitrogens with two attached hydrogens (primary N) is 1. The number of nitrogens with one attached hydrogen (secondary N) is 2. The Morgan fingerprint density at radius 2 is 1.94 bits per heavy atom. The molecule has 0 unspecified atom stereocenters. The van der Waals surface area contributed by atoms with Crippen LogP contribution < -0.4 is 10.5 Å². The van der Waals surface area contributed by atoms with E-state index in [1.165, 1.54) is 0 Å². The predicted molar refractivity (Wildman–Crippen MR) is 64.9 cm³/mol. The summed E-state index contributed by atoms with van der Waals surface area (Å²) in [6.07, 6.45) is 2.99. The van der Waals surface area contributed by atoms with Crippen LogP contribution in [0.4, 0.5) is 0 Å². The van der Waals surface area contributed by atoms with Crippen LogP contribution >= 0.6 is 0 Å². The van der Waals surface area contributed by atoms with Gasteiger partial charge >= 0.3 is 0 Å². The minimum absolute atomic E-state index is 0.100. The van der Waals surface area contributed by atoms with E-state index in [1.807, 2.05) is 13.8 Å². The zero-order chi connectivity index (χ0) is 12.4. The third kappa shape index (κ3) is 3.18. The lowest BCUT2D eigenvalue weighted by molar-refractivity contribution is 0.458. The monoisotopic (exact) mass is 247 g/mol. The molecule has 0 amide bonds. The van der Waals surface area contributed by atoms with Crippen molar-refractivity contribution in [3.05, 3.63) is 0 Å². The van der Waals surface area contributed by atoms with Crippen molar-refractivity contribution < 1.29 is 8.42 Å². The molecule has 0 saturated heterocycles. The zero-order valence-corrected chi connectivity index (χ0v) is 10.7. The SMILES string of the molecule is CCC(CC)(NS(=O)(=O)CC1CC1)C(=N)N. The maximum Gasteiger partial charge on any atom is 0.212 e. The van der Waals surface area contributed by atoms with Crippen LogP contribution in [0.15, 0.2) is 0 Å². The fourth-order valence-corrected chi connectivity index (χ4v) is 3.80. The van der Waals surface area contributed by atoms with E-state index in [0.29, 0.717) is 18.8 Å². The first-order valence-corrected chi connectivity index (χ1v) is 7.36. The smallest absolute Gasteiger partial charge is 0.212 e. The molecule has 16 heavy (non-hydrogen) atoms. The molecule has 1 saturated carbocycles. The van der Waals surface area contributed by atoms with Crippen molar-refractivity contribution in [2.45, 2.75) is 45.1 Å². The Morgan fingerprint density at radius 3 is 2.25 bits per heavy atom. The Hall–Kier alpha value is -0.620. The maximum absolute atomic E-state index is 11.9. The van der Waals surface area contributed by atoms with Gasteiger partial charge in [0.25, 0.3) is 0 Å². The molecule has 0 aromatic heterocycles. The highest BCUT2D eigenvalue weighted by Crippen LogP contribution is 2.30. The van der Waals surface area contributed by atoms with Crippen LogP contribution in [0.2, 0.25) is 0 Å². The Labute approximate surface area is 97.4 Å². The highest BCUT2D eigenvalue weighted by molar-refractivity contribution is 7.89. The lowest BCUT2D eigenvalue weighted by Gasteiger charge is -2.31. The van der Waals surface area contributed by atoms with Gasteiger partial charge in [-0.05, 0) is 31.6 Å². The average Bonchev–Trinajstić information content (AvgIpc) is 2.97. The summed E-state index contributed by atoms with van der Waals surface area (Å²) in [5, 5.41) is 7.53. The second-order valence-electron chi connectivity index (χ2n) is 4.53. The molecule has 0 aromatic rings. The van der Waals surface area contributed by atoms with Crippen LogP contribution in [0.1, 0.15) is 39.5 Å². The molecular weight excluding hydrogens is 226 g/mol. The molecule has 1 fully saturated rings. The molecule has 0 aromatic carbocycles. The Bertz CT molecular complexity index is 356. The fourth-order valence-electron chi connectivity index (χ4n) is 1.76. The molecule has 0 atom stereocenters. The molecular formula is C10H21N3O2S. The molecule has 94 valence electrons. The van der Waals surface area contributed by atoms with Crippen molar-refractivity contribution in [1.29, 1.82) is 5.41 Å². The molecule has 0 radical (unpaired) electrons. The standard InChI is InChI=1S/C10H21N3O2S/c1-3-10(4-2,9(11)12)13-16(14,15)7-8-5-6-8/h8,13H,3-7H2,1-2H3,(H3,11,12). The Balaban J connectivity index is 2.77. The topological polar surface area (TPSA) is 96.0 Å². The molecule has 1 rings (SSSR count). The summed E-state index contributed by atoms with van der Waals surface area (Å²) in [4.78, 5) is 0. The molecule has 4 N–H and O–H groups in total. The number of rotatable bonds is 7. The van der Waals surface area contributed by atoms with Crippen molar-refractivity contribution in [3.63, 3.8) is 0 Å². The summed E-state index contributed by atoms with van der Waals surface area (Å²) >= 11 is 0. The first-order chi connectivity index (χ1) is 7.35. The summed E-state index contributed by atoms with van der Waals surface area (Å²) in [5.41, 5.74) is 4.61. The number of amidine groups is 1. The quantitative estimate of drug-likeness (QED) is 0.459. The molecule has 6 heteroatoms. The van der Waals surface area contributed by atoms with Crippen LogP contribution in [0.3, 0.4) is 0 Å². The molecule has 0 spiro atoms. The van der Waals surface area contributed by atoms with E-state index < -0.39 is 15.6 Å². The lowest BCUT2D eigenvalue weighted by atomic mass is 9.93. The van der Waals surface area contributed by atoms with Crippen molar-refractivity contribution in [2.75, 3.05) is 5.75 Å². The highest BCUT2D eigenvalue weighted by Gasteiger charge is 2.37. The summed E-state index contributed by atoms with van der Waals surface area (Å²) in [7, 11) is -3.32. The first-order valence-electron chi connectivity index (χ1n) is 5.71. The van der Waals surface area contributed by atoms with Crippen LogP contribution in [-0.2, 0) is 10.0 Å². The minimum Gasteiger partial charge on any atom is -0.386 e. The van der Waals surface area contributed by atoms with E-state index in [-0.39, 0.29) is 11.6 Å². The van der Waals surface area contributed by atoms with Crippen LogP contribution in [-0.4, -0.2) is 25.5 Å². The molecule has 1 aliphatic carbocycles. The summed E-state index contributed by atoms with van der Waals surface area (Å²) in [6.45, 7) is 3.68. The summed E-state index contributed by atoms with van der Waals surface area (Å²) in [6, 6.07) is 0. The molecule has 5 nitrogen and oxygen atoms in total. The van der Waals surface area contributed by atoms with Crippen LogP contribution in [0.25, 0.3) is 0 Å². The van der Waals surface area contributed by atoms with Crippen molar-refractivity contribution in [3.8, 4) is 0 Å².